The summed E-state index contributed by atoms with van der Waals surface area (Å²) >= 11 is 0. The maximum absolute atomic E-state index is 12.5. The van der Waals surface area contributed by atoms with Gasteiger partial charge in [0, 0.05) is 18.1 Å². The van der Waals surface area contributed by atoms with E-state index in [-0.39, 0.29) is 30.2 Å². The van der Waals surface area contributed by atoms with Crippen molar-refractivity contribution in [3.8, 4) is 17.1 Å². The minimum absolute atomic E-state index is 0.119. The fourth-order valence-electron chi connectivity index (χ4n) is 2.87. The highest BCUT2D eigenvalue weighted by Crippen LogP contribution is 2.28. The number of rotatable bonds is 5. The first kappa shape index (κ1) is 15.0. The van der Waals surface area contributed by atoms with Gasteiger partial charge in [-0.15, -0.1) is 0 Å². The van der Waals surface area contributed by atoms with E-state index in [0.717, 1.165) is 11.3 Å². The van der Waals surface area contributed by atoms with E-state index in [9.17, 15) is 14.7 Å². The third-order valence-corrected chi connectivity index (χ3v) is 3.92. The average Bonchev–Trinajstić information content (AvgIpc) is 2.86. The highest BCUT2D eigenvalue weighted by Gasteiger charge is 2.34. The normalized spacial score (nSPS) is 11.2. The van der Waals surface area contributed by atoms with E-state index in [2.05, 4.69) is 0 Å². The van der Waals surface area contributed by atoms with Gasteiger partial charge < -0.3 is 10.2 Å². The second kappa shape index (κ2) is 5.72. The summed E-state index contributed by atoms with van der Waals surface area (Å²) in [5.41, 5.74) is 2.60. The minimum Gasteiger partial charge on any atom is -0.481 e. The van der Waals surface area contributed by atoms with Crippen LogP contribution in [0.4, 0.5) is 0 Å². The Hall–Kier alpha value is -2.89. The van der Waals surface area contributed by atoms with Gasteiger partial charge in [-0.05, 0) is 13.0 Å². The summed E-state index contributed by atoms with van der Waals surface area (Å²) in [6.07, 6.45) is -0.408. The Morgan fingerprint density at radius 2 is 1.91 bits per heavy atom. The quantitative estimate of drug-likeness (QED) is 0.558. The highest BCUT2D eigenvalue weighted by atomic mass is 16.4. The smallest absolute Gasteiger partial charge is 0.334 e. The number of carbonyl (C=O) groups is 2. The number of aryl methyl sites for hydroxylation is 1. The predicted molar refractivity (Wildman–Crippen MR) is 82.8 cm³/mol. The largest absolute Gasteiger partial charge is 0.481 e. The van der Waals surface area contributed by atoms with Crippen molar-refractivity contribution in [1.29, 1.82) is 0 Å². The first-order valence-corrected chi connectivity index (χ1v) is 7.44. The Bertz CT molecular complexity index is 882. The Kier molecular flexibility index (Phi) is 3.73. The van der Waals surface area contributed by atoms with Crippen molar-refractivity contribution < 1.29 is 24.2 Å². The zero-order valence-corrected chi connectivity index (χ0v) is 12.7. The van der Waals surface area contributed by atoms with Crippen molar-refractivity contribution in [1.82, 2.24) is 4.57 Å². The first-order chi connectivity index (χ1) is 11.0. The summed E-state index contributed by atoms with van der Waals surface area (Å²) in [6.45, 7) is 2.38. The molecule has 0 radical (unpaired) electrons. The molecule has 1 aromatic rings. The van der Waals surface area contributed by atoms with E-state index in [1.807, 2.05) is 43.3 Å². The number of hydrogen-bond acceptors (Lipinski definition) is 3. The molecule has 6 nitrogen and oxygen atoms in total. The van der Waals surface area contributed by atoms with Crippen LogP contribution in [0.3, 0.4) is 0 Å². The molecule has 0 unspecified atom stereocenters. The molecule has 0 atom stereocenters. The maximum atomic E-state index is 12.5. The highest BCUT2D eigenvalue weighted by molar-refractivity contribution is 5.97. The van der Waals surface area contributed by atoms with Gasteiger partial charge in [0.25, 0.3) is 11.3 Å². The molecule has 0 saturated heterocycles. The number of carboxylic acid groups (broad SMARTS) is 1. The zero-order valence-electron chi connectivity index (χ0n) is 12.7. The molecule has 1 aliphatic heterocycles. The molecule has 1 aromatic heterocycles. The van der Waals surface area contributed by atoms with Crippen LogP contribution < -0.4 is 4.40 Å². The van der Waals surface area contributed by atoms with Crippen molar-refractivity contribution in [3.05, 3.63) is 42.1 Å². The molecule has 2 N–H and O–H groups in total. The second-order valence-electron chi connectivity index (χ2n) is 5.32. The standard InChI is InChI=1S/C17H16N2O4/c1-2-18-14-10-11-6-4-3-5-7-12(11)19(14)16(17(18)23)13(20)8-9-15(21)22/h3-7,10H,2,8-9H2,1H3,(H-,20,21,22,23)/p+1. The fraction of sp³-hybridized carbons (Fsp3) is 0.235. The summed E-state index contributed by atoms with van der Waals surface area (Å²) in [4.78, 5) is 23.2. The van der Waals surface area contributed by atoms with Crippen LogP contribution in [-0.4, -0.2) is 26.5 Å². The monoisotopic (exact) mass is 313 g/mol. The van der Waals surface area contributed by atoms with Crippen LogP contribution in [-0.2, 0) is 11.3 Å². The van der Waals surface area contributed by atoms with Crippen LogP contribution >= 0.6 is 0 Å². The molecule has 0 saturated carbocycles. The lowest BCUT2D eigenvalue weighted by Crippen LogP contribution is -2.27. The van der Waals surface area contributed by atoms with Crippen LogP contribution in [0.15, 0.2) is 36.4 Å². The number of aromatic hydroxyl groups is 1. The zero-order chi connectivity index (χ0) is 16.6. The maximum Gasteiger partial charge on any atom is 0.334 e. The van der Waals surface area contributed by atoms with Crippen molar-refractivity contribution in [2.45, 2.75) is 26.3 Å². The number of hydrogen-bond donors (Lipinski definition) is 2. The van der Waals surface area contributed by atoms with Gasteiger partial charge in [0.1, 0.15) is 5.69 Å². The first-order valence-electron chi connectivity index (χ1n) is 7.44. The Labute approximate surface area is 132 Å². The number of aromatic nitrogens is 2. The fourth-order valence-corrected chi connectivity index (χ4v) is 2.87. The third-order valence-electron chi connectivity index (χ3n) is 3.92. The molecule has 0 amide bonds. The Balaban J connectivity index is 2.25. The Morgan fingerprint density at radius 3 is 2.61 bits per heavy atom. The number of Topliss-reactive ketones (excluding diaryl/α,β-unsaturated/α-hetero) is 1. The SMILES string of the molecule is CCn1c(O)c(C(=O)CCC(=O)O)[n+]2c3cccccc-3cc12. The molecule has 0 spiro atoms. The lowest BCUT2D eigenvalue weighted by Gasteiger charge is -1.97. The van der Waals surface area contributed by atoms with Gasteiger partial charge in [-0.25, -0.2) is 0 Å². The van der Waals surface area contributed by atoms with E-state index < -0.39 is 5.97 Å². The molecule has 2 heterocycles. The van der Waals surface area contributed by atoms with E-state index in [1.54, 1.807) is 8.97 Å². The molecular formula is C17H17N2O4+. The van der Waals surface area contributed by atoms with E-state index in [0.29, 0.717) is 12.2 Å². The Morgan fingerprint density at radius 1 is 1.17 bits per heavy atom. The molecule has 2 aliphatic rings. The molecule has 23 heavy (non-hydrogen) atoms. The van der Waals surface area contributed by atoms with Crippen LogP contribution in [0.25, 0.3) is 16.9 Å². The number of ketones is 1. The molecule has 0 fully saturated rings. The van der Waals surface area contributed by atoms with Crippen LogP contribution in [0.5, 0.6) is 5.88 Å². The average molecular weight is 313 g/mol. The molecule has 0 bridgehead atoms. The third kappa shape index (κ3) is 2.42. The van der Waals surface area contributed by atoms with Gasteiger partial charge in [0.2, 0.25) is 5.78 Å². The van der Waals surface area contributed by atoms with Crippen molar-refractivity contribution in [3.63, 3.8) is 0 Å². The van der Waals surface area contributed by atoms with Gasteiger partial charge in [-0.3, -0.25) is 9.59 Å². The molecule has 1 aliphatic carbocycles. The van der Waals surface area contributed by atoms with Crippen molar-refractivity contribution in [2.75, 3.05) is 0 Å². The summed E-state index contributed by atoms with van der Waals surface area (Å²) in [5.74, 6) is -1.54. The molecular weight excluding hydrogens is 296 g/mol. The summed E-state index contributed by atoms with van der Waals surface area (Å²) in [7, 11) is 0. The van der Waals surface area contributed by atoms with Gasteiger partial charge >= 0.3 is 11.8 Å². The summed E-state index contributed by atoms with van der Waals surface area (Å²) in [6, 6.07) is 11.4. The number of aliphatic carboxylic acids is 1. The van der Waals surface area contributed by atoms with E-state index in [1.165, 1.54) is 0 Å². The number of imidazole rings is 1. The second-order valence-corrected chi connectivity index (χ2v) is 5.32. The van der Waals surface area contributed by atoms with Crippen LogP contribution in [0.2, 0.25) is 0 Å². The van der Waals surface area contributed by atoms with Gasteiger partial charge in [-0.2, -0.15) is 8.97 Å². The number of carbonyl (C=O) groups excluding carboxylic acids is 1. The molecule has 6 heteroatoms. The number of fused-ring (bicyclic) bond motifs is 3. The van der Waals surface area contributed by atoms with Gasteiger partial charge in [-0.1, -0.05) is 24.3 Å². The van der Waals surface area contributed by atoms with E-state index >= 15 is 0 Å². The van der Waals surface area contributed by atoms with Crippen molar-refractivity contribution >= 4 is 17.4 Å². The number of nitrogens with zero attached hydrogens (tertiary/aromatic N) is 2. The molecule has 0 aromatic carbocycles. The number of carboxylic acids is 1. The molecule has 3 rings (SSSR count). The minimum atomic E-state index is -1.03. The van der Waals surface area contributed by atoms with Crippen molar-refractivity contribution in [2.24, 2.45) is 0 Å². The topological polar surface area (TPSA) is 83.6 Å². The summed E-state index contributed by atoms with van der Waals surface area (Å²) in [5, 5.41) is 19.2. The van der Waals surface area contributed by atoms with Gasteiger partial charge in [0.05, 0.1) is 13.0 Å². The van der Waals surface area contributed by atoms with E-state index in [4.69, 9.17) is 5.11 Å². The molecule has 118 valence electrons. The lowest BCUT2D eigenvalue weighted by atomic mass is 10.1. The van der Waals surface area contributed by atoms with Crippen LogP contribution in [0.1, 0.15) is 30.3 Å². The summed E-state index contributed by atoms with van der Waals surface area (Å²) < 4.78 is 3.35. The van der Waals surface area contributed by atoms with Gasteiger partial charge in [0.15, 0.2) is 0 Å². The van der Waals surface area contributed by atoms with Crippen LogP contribution in [0, 0.1) is 0 Å². The lowest BCUT2D eigenvalue weighted by molar-refractivity contribution is -0.498. The predicted octanol–water partition coefficient (Wildman–Crippen LogP) is 2.10.